The van der Waals surface area contributed by atoms with Crippen LogP contribution in [0.25, 0.3) is 17.2 Å². The fourth-order valence-electron chi connectivity index (χ4n) is 3.95. The summed E-state index contributed by atoms with van der Waals surface area (Å²) in [5.41, 5.74) is 4.51. The summed E-state index contributed by atoms with van der Waals surface area (Å²) in [4.78, 5) is 19.4. The molecule has 200 valence electrons. The molecular formula is C30H30N4O4S. The molecule has 0 aliphatic rings. The van der Waals surface area contributed by atoms with Crippen LogP contribution in [0.2, 0.25) is 0 Å². The average Bonchev–Trinajstić information content (AvgIpc) is 2.96. The first-order chi connectivity index (χ1) is 18.8. The number of allylic oxidation sites excluding steroid dienone is 1. The first-order valence-corrected chi connectivity index (χ1v) is 14.0. The molecule has 0 atom stereocenters. The molecule has 9 heteroatoms. The van der Waals surface area contributed by atoms with E-state index in [1.165, 1.54) is 16.6 Å². The molecule has 2 N–H and O–H groups in total. The van der Waals surface area contributed by atoms with Gasteiger partial charge in [-0.05, 0) is 59.0 Å². The number of hydrogen-bond donors (Lipinski definition) is 2. The Labute approximate surface area is 228 Å². The number of pyridine rings is 2. The predicted octanol–water partition coefficient (Wildman–Crippen LogP) is 5.45. The largest absolute Gasteiger partial charge is 0.480 e. The molecule has 8 nitrogen and oxygen atoms in total. The number of aliphatic carboxylic acids is 1. The maximum Gasteiger partial charge on any atom is 0.322 e. The van der Waals surface area contributed by atoms with Crippen molar-refractivity contribution in [2.45, 2.75) is 31.5 Å². The highest BCUT2D eigenvalue weighted by molar-refractivity contribution is 7.89. The number of sulfonamides is 1. The fourth-order valence-corrected chi connectivity index (χ4v) is 5.28. The Kier molecular flexibility index (Phi) is 9.19. The van der Waals surface area contributed by atoms with Gasteiger partial charge in [0, 0.05) is 12.7 Å². The van der Waals surface area contributed by atoms with Crippen molar-refractivity contribution in [3.05, 3.63) is 114 Å². The van der Waals surface area contributed by atoms with E-state index >= 15 is 0 Å². The van der Waals surface area contributed by atoms with Gasteiger partial charge in [0.15, 0.2) is 5.03 Å². The maximum atomic E-state index is 13.6. The van der Waals surface area contributed by atoms with Crippen LogP contribution >= 0.6 is 0 Å². The summed E-state index contributed by atoms with van der Waals surface area (Å²) < 4.78 is 28.5. The molecule has 4 rings (SSSR count). The van der Waals surface area contributed by atoms with Gasteiger partial charge in [0.2, 0.25) is 0 Å². The van der Waals surface area contributed by atoms with E-state index < -0.39 is 16.0 Å². The van der Waals surface area contributed by atoms with Gasteiger partial charge in [-0.15, -0.1) is 0 Å². The molecule has 4 aromatic rings. The molecule has 0 bridgehead atoms. The fraction of sp³-hybridized carbons (Fsp3) is 0.167. The second kappa shape index (κ2) is 12.9. The van der Waals surface area contributed by atoms with E-state index in [4.69, 9.17) is 5.11 Å². The number of anilines is 1. The second-order valence-electron chi connectivity index (χ2n) is 8.84. The zero-order valence-corrected chi connectivity index (χ0v) is 22.4. The third-order valence-corrected chi connectivity index (χ3v) is 7.59. The van der Waals surface area contributed by atoms with Crippen LogP contribution < -0.4 is 5.32 Å². The zero-order valence-electron chi connectivity index (χ0n) is 21.6. The Morgan fingerprint density at radius 1 is 0.949 bits per heavy atom. The van der Waals surface area contributed by atoms with Crippen LogP contribution in [0, 0.1) is 0 Å². The molecule has 0 fully saturated rings. The molecule has 2 aromatic carbocycles. The number of benzene rings is 2. The molecule has 0 saturated carbocycles. The smallest absolute Gasteiger partial charge is 0.322 e. The van der Waals surface area contributed by atoms with Crippen molar-refractivity contribution in [1.29, 1.82) is 0 Å². The third-order valence-electron chi connectivity index (χ3n) is 5.89. The first-order valence-electron chi connectivity index (χ1n) is 12.5. The topological polar surface area (TPSA) is 112 Å². The van der Waals surface area contributed by atoms with Gasteiger partial charge in [0.25, 0.3) is 10.0 Å². The number of aromatic nitrogens is 2. The molecule has 39 heavy (non-hydrogen) atoms. The number of hydrogen-bond acceptors (Lipinski definition) is 6. The Morgan fingerprint density at radius 3 is 2.46 bits per heavy atom. The van der Waals surface area contributed by atoms with Gasteiger partial charge in [-0.3, -0.25) is 4.79 Å². The minimum absolute atomic E-state index is 0.0188. The number of carbonyl (C=O) groups is 1. The van der Waals surface area contributed by atoms with Gasteiger partial charge in [-0.2, -0.15) is 4.31 Å². The molecule has 0 spiro atoms. The summed E-state index contributed by atoms with van der Waals surface area (Å²) in [5, 5.41) is 11.6. The van der Waals surface area contributed by atoms with Crippen molar-refractivity contribution in [1.82, 2.24) is 14.3 Å². The Hall–Kier alpha value is -4.34. The first kappa shape index (κ1) is 27.7. The van der Waals surface area contributed by atoms with Gasteiger partial charge >= 0.3 is 5.97 Å². The second-order valence-corrected chi connectivity index (χ2v) is 10.7. The monoisotopic (exact) mass is 542 g/mol. The van der Waals surface area contributed by atoms with Crippen LogP contribution in [0.1, 0.15) is 30.2 Å². The minimum atomic E-state index is -3.95. The summed E-state index contributed by atoms with van der Waals surface area (Å²) in [6.45, 7) is 1.89. The lowest BCUT2D eigenvalue weighted by molar-refractivity contribution is -0.134. The highest BCUT2D eigenvalue weighted by Gasteiger charge is 2.26. The third kappa shape index (κ3) is 7.59. The van der Waals surface area contributed by atoms with Crippen LogP contribution in [-0.4, -0.2) is 40.3 Å². The lowest BCUT2D eigenvalue weighted by atomic mass is 10.0. The molecule has 0 aliphatic heterocycles. The minimum Gasteiger partial charge on any atom is -0.480 e. The molecular weight excluding hydrogens is 512 g/mol. The number of nitrogens with one attached hydrogen (secondary N) is 1. The summed E-state index contributed by atoms with van der Waals surface area (Å²) in [6.07, 6.45) is 6.62. The van der Waals surface area contributed by atoms with Crippen LogP contribution in [0.5, 0.6) is 0 Å². The normalized spacial score (nSPS) is 11.6. The van der Waals surface area contributed by atoms with E-state index in [2.05, 4.69) is 46.5 Å². The van der Waals surface area contributed by atoms with Crippen molar-refractivity contribution in [2.75, 3.05) is 11.9 Å². The molecule has 2 aromatic heterocycles. The highest BCUT2D eigenvalue weighted by Crippen LogP contribution is 2.24. The van der Waals surface area contributed by atoms with Crippen molar-refractivity contribution in [3.8, 4) is 11.1 Å². The summed E-state index contributed by atoms with van der Waals surface area (Å²) >= 11 is 0. The van der Waals surface area contributed by atoms with Crippen LogP contribution in [0.3, 0.4) is 0 Å². The Balaban J connectivity index is 1.60. The van der Waals surface area contributed by atoms with Gasteiger partial charge in [-0.1, -0.05) is 73.7 Å². The standard InChI is InChI=1S/C30H30N4O4S/c1-2-3-8-23-9-6-10-26(19-23)25-16-14-24(15-17-25)21-34(39(37,38)29-13-4-5-18-31-29)22-27-11-7-12-28(33-27)32-20-30(35)36/h3-19H,2,20-22H2,1H3,(H,32,33)(H,35,36)/b8-3+. The van der Waals surface area contributed by atoms with Crippen molar-refractivity contribution < 1.29 is 18.3 Å². The number of rotatable bonds is 12. The highest BCUT2D eigenvalue weighted by atomic mass is 32.2. The lowest BCUT2D eigenvalue weighted by Gasteiger charge is -2.22. The Morgan fingerprint density at radius 2 is 1.74 bits per heavy atom. The molecule has 0 saturated heterocycles. The van der Waals surface area contributed by atoms with Gasteiger partial charge < -0.3 is 10.4 Å². The maximum absolute atomic E-state index is 13.6. The molecule has 0 radical (unpaired) electrons. The number of carboxylic acids is 1. The van der Waals surface area contributed by atoms with E-state index in [9.17, 15) is 13.2 Å². The van der Waals surface area contributed by atoms with E-state index in [0.29, 0.717) is 11.5 Å². The van der Waals surface area contributed by atoms with Gasteiger partial charge in [-0.25, -0.2) is 18.4 Å². The lowest BCUT2D eigenvalue weighted by Crippen LogP contribution is -2.31. The molecule has 2 heterocycles. The quantitative estimate of drug-likeness (QED) is 0.245. The van der Waals surface area contributed by atoms with E-state index in [-0.39, 0.29) is 24.7 Å². The SMILES string of the molecule is CC/C=C/c1cccc(-c2ccc(CN(Cc3cccc(NCC(=O)O)n3)S(=O)(=O)c3ccccn3)cc2)c1. The van der Waals surface area contributed by atoms with Crippen LogP contribution in [0.4, 0.5) is 5.82 Å². The summed E-state index contributed by atoms with van der Waals surface area (Å²) in [6, 6.07) is 25.9. The molecule has 0 aliphatic carbocycles. The number of carboxylic acid groups (broad SMARTS) is 1. The van der Waals surface area contributed by atoms with Crippen LogP contribution in [0.15, 0.2) is 102 Å². The average molecular weight is 543 g/mol. The Bertz CT molecular complexity index is 1540. The van der Waals surface area contributed by atoms with E-state index in [0.717, 1.165) is 28.7 Å². The van der Waals surface area contributed by atoms with Gasteiger partial charge in [0.05, 0.1) is 12.2 Å². The predicted molar refractivity (Wildman–Crippen MR) is 152 cm³/mol. The van der Waals surface area contributed by atoms with E-state index in [1.807, 2.05) is 36.4 Å². The van der Waals surface area contributed by atoms with E-state index in [1.54, 1.807) is 30.3 Å². The van der Waals surface area contributed by atoms with Crippen molar-refractivity contribution >= 4 is 27.9 Å². The van der Waals surface area contributed by atoms with Crippen molar-refractivity contribution in [2.24, 2.45) is 0 Å². The van der Waals surface area contributed by atoms with Gasteiger partial charge in [0.1, 0.15) is 12.4 Å². The summed E-state index contributed by atoms with van der Waals surface area (Å²) in [7, 11) is -3.95. The summed E-state index contributed by atoms with van der Waals surface area (Å²) in [5.74, 6) is -0.667. The molecule has 0 amide bonds. The zero-order chi connectivity index (χ0) is 27.7. The number of nitrogens with zero attached hydrogens (tertiary/aromatic N) is 3. The van der Waals surface area contributed by atoms with Crippen LogP contribution in [-0.2, 0) is 27.9 Å². The van der Waals surface area contributed by atoms with Crippen molar-refractivity contribution in [3.63, 3.8) is 0 Å². The molecule has 0 unspecified atom stereocenters.